The van der Waals surface area contributed by atoms with Gasteiger partial charge in [0.2, 0.25) is 0 Å². The molecule has 0 amide bonds. The van der Waals surface area contributed by atoms with Gasteiger partial charge in [0.15, 0.2) is 17.5 Å². The highest BCUT2D eigenvalue weighted by molar-refractivity contribution is 7.27. The summed E-state index contributed by atoms with van der Waals surface area (Å²) in [5, 5.41) is 7.25. The fourth-order valence-corrected chi connectivity index (χ4v) is 10.9. The number of aromatic nitrogens is 5. The summed E-state index contributed by atoms with van der Waals surface area (Å²) < 4.78 is 7.38. The molecule has 13 rings (SSSR count). The zero-order valence-corrected chi connectivity index (χ0v) is 34.7. The molecule has 0 radical (unpaired) electrons. The van der Waals surface area contributed by atoms with Gasteiger partial charge in [-0.2, -0.15) is 0 Å². The van der Waals surface area contributed by atoms with E-state index in [-0.39, 0.29) is 0 Å². The van der Waals surface area contributed by atoms with E-state index in [1.807, 2.05) is 35.6 Å². The average Bonchev–Trinajstić information content (AvgIpc) is 4.03. The minimum Gasteiger partial charge on any atom is -0.308 e. The van der Waals surface area contributed by atoms with E-state index < -0.39 is 0 Å². The first-order valence-corrected chi connectivity index (χ1v) is 22.0. The summed E-state index contributed by atoms with van der Waals surface area (Å²) in [4.78, 5) is 15.7. The molecule has 9 aromatic carbocycles. The summed E-state index contributed by atoms with van der Waals surface area (Å²) in [5.74, 6) is 1.90. The Morgan fingerprint density at radius 3 is 1.51 bits per heavy atom. The third kappa shape index (κ3) is 5.59. The van der Waals surface area contributed by atoms with Gasteiger partial charge in [-0.3, -0.25) is 0 Å². The second-order valence-corrected chi connectivity index (χ2v) is 17.0. The molecule has 0 bridgehead atoms. The summed E-state index contributed by atoms with van der Waals surface area (Å²) in [6, 6.07) is 75.3. The van der Waals surface area contributed by atoms with Crippen LogP contribution in [0.1, 0.15) is 0 Å². The van der Waals surface area contributed by atoms with Crippen LogP contribution >= 0.6 is 11.3 Å². The van der Waals surface area contributed by atoms with E-state index in [2.05, 4.69) is 197 Å². The van der Waals surface area contributed by atoms with E-state index in [0.717, 1.165) is 44.2 Å². The van der Waals surface area contributed by atoms with Crippen molar-refractivity contribution in [2.24, 2.45) is 0 Å². The third-order valence-electron chi connectivity index (χ3n) is 12.4. The van der Waals surface area contributed by atoms with Crippen LogP contribution in [-0.4, -0.2) is 24.1 Å². The minimum absolute atomic E-state index is 0.631. The van der Waals surface area contributed by atoms with Gasteiger partial charge >= 0.3 is 0 Å². The molecule has 63 heavy (non-hydrogen) atoms. The van der Waals surface area contributed by atoms with Gasteiger partial charge in [0.25, 0.3) is 0 Å². The zero-order valence-electron chi connectivity index (χ0n) is 33.9. The lowest BCUT2D eigenvalue weighted by molar-refractivity contribution is 1.08. The largest absolute Gasteiger partial charge is 0.308 e. The Morgan fingerprint density at radius 1 is 0.317 bits per heavy atom. The average molecular weight is 822 g/mol. The molecule has 0 fully saturated rings. The fraction of sp³-hybridized carbons (Fsp3) is 0. The Bertz CT molecular complexity index is 3830. The van der Waals surface area contributed by atoms with Crippen LogP contribution in [0.25, 0.3) is 120 Å². The lowest BCUT2D eigenvalue weighted by Crippen LogP contribution is -2.00. The van der Waals surface area contributed by atoms with Crippen LogP contribution in [0.3, 0.4) is 0 Å². The van der Waals surface area contributed by atoms with Crippen LogP contribution in [-0.2, 0) is 0 Å². The Morgan fingerprint density at radius 2 is 0.810 bits per heavy atom. The molecule has 294 valence electrons. The topological polar surface area (TPSA) is 48.5 Å². The van der Waals surface area contributed by atoms with E-state index in [9.17, 15) is 0 Å². The Hall–Kier alpha value is -8.19. The first-order chi connectivity index (χ1) is 31.3. The maximum absolute atomic E-state index is 5.30. The van der Waals surface area contributed by atoms with E-state index in [0.29, 0.717) is 17.5 Å². The van der Waals surface area contributed by atoms with Crippen molar-refractivity contribution in [2.75, 3.05) is 0 Å². The van der Waals surface area contributed by atoms with Gasteiger partial charge in [0.1, 0.15) is 0 Å². The standard InChI is InChI=1S/C57H35N5S/c1-4-16-36(17-5-1)37-30-32-39(33-31-37)56-58-55(38-18-6-2-7-19-38)59-57(60-56)46-25-15-28-49-51(46)45-35-34-44-43-24-14-29-50(53(43)63-54(44)52(45)61(49)40-20-8-3-9-21-40)62-47-26-12-10-22-41(47)42-23-11-13-27-48(42)62/h1-35H. The van der Waals surface area contributed by atoms with Crippen LogP contribution in [0, 0.1) is 0 Å². The molecule has 0 aliphatic carbocycles. The van der Waals surface area contributed by atoms with Crippen molar-refractivity contribution >= 4 is 75.1 Å². The number of benzene rings is 9. The molecule has 0 saturated heterocycles. The van der Waals surface area contributed by atoms with Gasteiger partial charge in [0.05, 0.1) is 37.2 Å². The van der Waals surface area contributed by atoms with E-state index in [1.165, 1.54) is 58.7 Å². The summed E-state index contributed by atoms with van der Waals surface area (Å²) in [5.41, 5.74) is 12.1. The van der Waals surface area contributed by atoms with Gasteiger partial charge in [0, 0.05) is 54.7 Å². The van der Waals surface area contributed by atoms with Gasteiger partial charge in [-0.1, -0.05) is 176 Å². The molecule has 6 heteroatoms. The van der Waals surface area contributed by atoms with E-state index >= 15 is 0 Å². The highest BCUT2D eigenvalue weighted by atomic mass is 32.1. The molecule has 0 N–H and O–H groups in total. The molecule has 4 heterocycles. The van der Waals surface area contributed by atoms with Crippen LogP contribution in [0.2, 0.25) is 0 Å². The molecule has 0 aliphatic rings. The quantitative estimate of drug-likeness (QED) is 0.168. The molecule has 0 spiro atoms. The highest BCUT2D eigenvalue weighted by Gasteiger charge is 2.24. The maximum atomic E-state index is 5.30. The zero-order chi connectivity index (χ0) is 41.4. The first kappa shape index (κ1) is 35.6. The number of nitrogens with zero attached hydrogens (tertiary/aromatic N) is 5. The summed E-state index contributed by atoms with van der Waals surface area (Å²) in [6.07, 6.45) is 0. The van der Waals surface area contributed by atoms with E-state index in [4.69, 9.17) is 15.0 Å². The third-order valence-corrected chi connectivity index (χ3v) is 13.6. The number of rotatable bonds is 6. The molecule has 0 saturated carbocycles. The SMILES string of the molecule is c1ccc(-c2ccc(-c3nc(-c4ccccc4)nc(-c4cccc5c4c4ccc6c7cccc(-n8c9ccccc9c9ccccc98)c7sc6c4n5-c4ccccc4)n3)cc2)cc1. The fourth-order valence-electron chi connectivity index (χ4n) is 9.56. The van der Waals surface area contributed by atoms with Crippen LogP contribution in [0.15, 0.2) is 212 Å². The lowest BCUT2D eigenvalue weighted by Gasteiger charge is -2.11. The van der Waals surface area contributed by atoms with Crippen molar-refractivity contribution in [3.8, 4) is 56.7 Å². The maximum Gasteiger partial charge on any atom is 0.164 e. The van der Waals surface area contributed by atoms with E-state index in [1.54, 1.807) is 0 Å². The number of hydrogen-bond acceptors (Lipinski definition) is 4. The lowest BCUT2D eigenvalue weighted by atomic mass is 10.0. The Balaban J connectivity index is 1.08. The van der Waals surface area contributed by atoms with Gasteiger partial charge in [-0.25, -0.2) is 15.0 Å². The van der Waals surface area contributed by atoms with Crippen molar-refractivity contribution in [2.45, 2.75) is 0 Å². The van der Waals surface area contributed by atoms with Crippen molar-refractivity contribution < 1.29 is 0 Å². The molecule has 0 aliphatic heterocycles. The van der Waals surface area contributed by atoms with Gasteiger partial charge in [-0.15, -0.1) is 11.3 Å². The second kappa shape index (κ2) is 14.2. The molecular weight excluding hydrogens is 787 g/mol. The van der Waals surface area contributed by atoms with Gasteiger partial charge in [-0.05, 0) is 47.5 Å². The molecule has 0 atom stereocenters. The van der Waals surface area contributed by atoms with Crippen molar-refractivity contribution in [1.29, 1.82) is 0 Å². The van der Waals surface area contributed by atoms with Crippen LogP contribution in [0.5, 0.6) is 0 Å². The molecular formula is C57H35N5S. The summed E-state index contributed by atoms with van der Waals surface area (Å²) >= 11 is 1.87. The van der Waals surface area contributed by atoms with Gasteiger partial charge < -0.3 is 9.13 Å². The van der Waals surface area contributed by atoms with Crippen molar-refractivity contribution in [1.82, 2.24) is 24.1 Å². The minimum atomic E-state index is 0.631. The molecule has 0 unspecified atom stereocenters. The predicted octanol–water partition coefficient (Wildman–Crippen LogP) is 15.1. The monoisotopic (exact) mass is 821 g/mol. The highest BCUT2D eigenvalue weighted by Crippen LogP contribution is 2.47. The Labute approximate surface area is 366 Å². The second-order valence-electron chi connectivity index (χ2n) is 16.0. The Kier molecular flexibility index (Phi) is 8.01. The van der Waals surface area contributed by atoms with Crippen LogP contribution < -0.4 is 0 Å². The molecule has 5 nitrogen and oxygen atoms in total. The van der Waals surface area contributed by atoms with Crippen LogP contribution in [0.4, 0.5) is 0 Å². The molecule has 13 aromatic rings. The number of para-hydroxylation sites is 3. The van der Waals surface area contributed by atoms with Crippen molar-refractivity contribution in [3.63, 3.8) is 0 Å². The number of thiophene rings is 1. The summed E-state index contributed by atoms with van der Waals surface area (Å²) in [7, 11) is 0. The molecule has 4 aromatic heterocycles. The smallest absolute Gasteiger partial charge is 0.164 e. The number of hydrogen-bond donors (Lipinski definition) is 0. The predicted molar refractivity (Wildman–Crippen MR) is 263 cm³/mol. The normalized spacial score (nSPS) is 11.8. The summed E-state index contributed by atoms with van der Waals surface area (Å²) in [6.45, 7) is 0. The van der Waals surface area contributed by atoms with Crippen molar-refractivity contribution in [3.05, 3.63) is 212 Å². The first-order valence-electron chi connectivity index (χ1n) is 21.2. The number of fused-ring (bicyclic) bond motifs is 10.